The van der Waals surface area contributed by atoms with Gasteiger partial charge in [0.05, 0.1) is 5.56 Å². The number of halogens is 3. The van der Waals surface area contributed by atoms with E-state index in [1.807, 2.05) is 0 Å². The predicted molar refractivity (Wildman–Crippen MR) is 95.4 cm³/mol. The second-order valence-corrected chi connectivity index (χ2v) is 6.77. The van der Waals surface area contributed by atoms with Crippen molar-refractivity contribution < 1.29 is 37.3 Å². The average molecular weight is 397 g/mol. The van der Waals surface area contributed by atoms with Crippen LogP contribution in [0.25, 0.3) is 11.1 Å². The smallest absolute Gasteiger partial charge is 0.478 e. The van der Waals surface area contributed by atoms with Crippen LogP contribution in [0.4, 0.5) is 23.7 Å². The van der Waals surface area contributed by atoms with Crippen LogP contribution in [-0.2, 0) is 4.74 Å². The number of anilines is 1. The number of benzene rings is 2. The third kappa shape index (κ3) is 6.19. The number of ether oxygens (including phenoxy) is 2. The molecule has 0 spiro atoms. The molecule has 0 fully saturated rings. The van der Waals surface area contributed by atoms with Crippen LogP contribution in [0.3, 0.4) is 0 Å². The Morgan fingerprint density at radius 3 is 2.29 bits per heavy atom. The first-order valence-electron chi connectivity index (χ1n) is 8.07. The van der Waals surface area contributed by atoms with Gasteiger partial charge in [0.1, 0.15) is 11.4 Å². The van der Waals surface area contributed by atoms with Gasteiger partial charge in [0.25, 0.3) is 0 Å². The maximum atomic E-state index is 12.7. The minimum atomic E-state index is -5.00. The lowest BCUT2D eigenvalue weighted by molar-refractivity contribution is -0.274. The van der Waals surface area contributed by atoms with Crippen LogP contribution in [-0.4, -0.2) is 29.1 Å². The summed E-state index contributed by atoms with van der Waals surface area (Å²) in [5.41, 5.74) is -0.500. The molecular weight excluding hydrogens is 379 g/mol. The topological polar surface area (TPSA) is 84.9 Å². The van der Waals surface area contributed by atoms with Crippen molar-refractivity contribution in [3.05, 3.63) is 48.0 Å². The van der Waals surface area contributed by atoms with Crippen molar-refractivity contribution in [3.8, 4) is 16.9 Å². The number of aromatic carboxylic acids is 1. The molecule has 28 heavy (non-hydrogen) atoms. The highest BCUT2D eigenvalue weighted by Crippen LogP contribution is 2.35. The zero-order valence-corrected chi connectivity index (χ0v) is 15.3. The first-order valence-corrected chi connectivity index (χ1v) is 8.07. The molecule has 0 atom stereocenters. The van der Waals surface area contributed by atoms with E-state index < -0.39 is 29.8 Å². The number of carboxylic acid groups (broad SMARTS) is 1. The van der Waals surface area contributed by atoms with E-state index in [0.717, 1.165) is 12.1 Å². The molecule has 1 amide bonds. The van der Waals surface area contributed by atoms with Gasteiger partial charge in [-0.05, 0) is 56.7 Å². The third-order valence-electron chi connectivity index (χ3n) is 3.27. The lowest BCUT2D eigenvalue weighted by Gasteiger charge is -2.20. The minimum absolute atomic E-state index is 0.00941. The van der Waals surface area contributed by atoms with Crippen LogP contribution in [0.2, 0.25) is 0 Å². The van der Waals surface area contributed by atoms with Gasteiger partial charge in [0.2, 0.25) is 0 Å². The Morgan fingerprint density at radius 2 is 1.71 bits per heavy atom. The maximum absolute atomic E-state index is 12.7. The number of nitrogens with one attached hydrogen (secondary N) is 1. The van der Waals surface area contributed by atoms with E-state index in [-0.39, 0.29) is 22.4 Å². The normalized spacial score (nSPS) is 11.6. The molecule has 6 nitrogen and oxygen atoms in total. The highest BCUT2D eigenvalue weighted by Gasteiger charge is 2.32. The Hall–Kier alpha value is -3.23. The van der Waals surface area contributed by atoms with E-state index in [1.54, 1.807) is 20.8 Å². The van der Waals surface area contributed by atoms with E-state index in [2.05, 4.69) is 10.1 Å². The monoisotopic (exact) mass is 397 g/mol. The van der Waals surface area contributed by atoms with Crippen molar-refractivity contribution in [3.63, 3.8) is 0 Å². The summed E-state index contributed by atoms with van der Waals surface area (Å²) in [7, 11) is 0. The molecule has 0 aliphatic heterocycles. The van der Waals surface area contributed by atoms with Crippen LogP contribution < -0.4 is 10.1 Å². The van der Waals surface area contributed by atoms with Gasteiger partial charge in [-0.1, -0.05) is 12.1 Å². The fourth-order valence-corrected chi connectivity index (χ4v) is 2.29. The summed E-state index contributed by atoms with van der Waals surface area (Å²) in [4.78, 5) is 22.9. The summed E-state index contributed by atoms with van der Waals surface area (Å²) in [6, 6.07) is 9.13. The fourth-order valence-electron chi connectivity index (χ4n) is 2.29. The molecule has 9 heteroatoms. The second-order valence-electron chi connectivity index (χ2n) is 6.77. The molecule has 0 unspecified atom stereocenters. The molecule has 2 aromatic carbocycles. The van der Waals surface area contributed by atoms with Crippen LogP contribution in [0, 0.1) is 0 Å². The van der Waals surface area contributed by atoms with E-state index in [0.29, 0.717) is 0 Å². The molecule has 0 heterocycles. The lowest BCUT2D eigenvalue weighted by Crippen LogP contribution is -2.27. The minimum Gasteiger partial charge on any atom is -0.478 e. The Kier molecular flexibility index (Phi) is 5.86. The second kappa shape index (κ2) is 7.79. The predicted octanol–water partition coefficient (Wildman–Crippen LogP) is 5.30. The highest BCUT2D eigenvalue weighted by atomic mass is 19.4. The molecule has 0 aliphatic rings. The van der Waals surface area contributed by atoms with Crippen molar-refractivity contribution in [2.45, 2.75) is 32.7 Å². The molecule has 0 aromatic heterocycles. The van der Waals surface area contributed by atoms with Crippen LogP contribution in [0.1, 0.15) is 31.1 Å². The van der Waals surface area contributed by atoms with Crippen molar-refractivity contribution in [2.24, 2.45) is 0 Å². The van der Waals surface area contributed by atoms with E-state index in [4.69, 9.17) is 9.84 Å². The SMILES string of the molecule is CC(C)(C)OC(=O)Nc1cccc(-c2ccc(C(=O)O)cc2OC(F)(F)F)c1. The number of carbonyl (C=O) groups excluding carboxylic acids is 1. The number of rotatable bonds is 4. The molecular formula is C19H18F3NO5. The van der Waals surface area contributed by atoms with Crippen LogP contribution in [0.5, 0.6) is 5.75 Å². The number of carboxylic acids is 1. The zero-order valence-electron chi connectivity index (χ0n) is 15.3. The Balaban J connectivity index is 2.39. The Labute approximate surface area is 158 Å². The molecule has 0 bridgehead atoms. The zero-order chi connectivity index (χ0) is 21.1. The number of amides is 1. The maximum Gasteiger partial charge on any atom is 0.573 e. The van der Waals surface area contributed by atoms with Gasteiger partial charge in [-0.3, -0.25) is 5.32 Å². The lowest BCUT2D eigenvalue weighted by atomic mass is 10.0. The molecule has 0 radical (unpaired) electrons. The van der Waals surface area contributed by atoms with Gasteiger partial charge in [-0.25, -0.2) is 9.59 Å². The average Bonchev–Trinajstić information content (AvgIpc) is 2.51. The summed E-state index contributed by atoms with van der Waals surface area (Å²) in [6.45, 7) is 5.06. The van der Waals surface area contributed by atoms with Gasteiger partial charge in [-0.2, -0.15) is 0 Å². The number of carbonyl (C=O) groups is 2. The van der Waals surface area contributed by atoms with Crippen molar-refractivity contribution in [1.29, 1.82) is 0 Å². The summed E-state index contributed by atoms with van der Waals surface area (Å²) >= 11 is 0. The van der Waals surface area contributed by atoms with E-state index in [1.165, 1.54) is 30.3 Å². The first kappa shape index (κ1) is 21.1. The van der Waals surface area contributed by atoms with Crippen molar-refractivity contribution in [1.82, 2.24) is 0 Å². The first-order chi connectivity index (χ1) is 12.8. The summed E-state index contributed by atoms with van der Waals surface area (Å²) < 4.78 is 47.3. The molecule has 0 aliphatic carbocycles. The van der Waals surface area contributed by atoms with Crippen LogP contribution in [0.15, 0.2) is 42.5 Å². The Bertz CT molecular complexity index is 888. The number of hydrogen-bond acceptors (Lipinski definition) is 4. The van der Waals surface area contributed by atoms with E-state index in [9.17, 15) is 22.8 Å². The van der Waals surface area contributed by atoms with Gasteiger partial charge in [0, 0.05) is 11.3 Å². The largest absolute Gasteiger partial charge is 0.573 e. The Morgan fingerprint density at radius 1 is 1.04 bits per heavy atom. The quantitative estimate of drug-likeness (QED) is 0.732. The summed E-state index contributed by atoms with van der Waals surface area (Å²) in [5, 5.41) is 11.5. The number of hydrogen-bond donors (Lipinski definition) is 2. The molecule has 150 valence electrons. The van der Waals surface area contributed by atoms with Crippen molar-refractivity contribution in [2.75, 3.05) is 5.32 Å². The third-order valence-corrected chi connectivity index (χ3v) is 3.27. The van der Waals surface area contributed by atoms with E-state index >= 15 is 0 Å². The molecule has 2 rings (SSSR count). The highest BCUT2D eigenvalue weighted by molar-refractivity contribution is 5.90. The summed E-state index contributed by atoms with van der Waals surface area (Å²) in [5.74, 6) is -2.05. The summed E-state index contributed by atoms with van der Waals surface area (Å²) in [6.07, 6.45) is -5.73. The van der Waals surface area contributed by atoms with Gasteiger partial charge in [0.15, 0.2) is 0 Å². The molecule has 2 N–H and O–H groups in total. The van der Waals surface area contributed by atoms with Gasteiger partial charge >= 0.3 is 18.4 Å². The molecule has 0 saturated heterocycles. The molecule has 2 aromatic rings. The van der Waals surface area contributed by atoms with Crippen molar-refractivity contribution >= 4 is 17.7 Å². The number of alkyl halides is 3. The van der Waals surface area contributed by atoms with Crippen LogP contribution >= 0.6 is 0 Å². The fraction of sp³-hybridized carbons (Fsp3) is 0.263. The van der Waals surface area contributed by atoms with Gasteiger partial charge in [-0.15, -0.1) is 13.2 Å². The standard InChI is InChI=1S/C19H18F3NO5/c1-18(2,3)28-17(26)23-13-6-4-5-11(9-13)14-8-7-12(16(24)25)10-15(14)27-19(20,21)22/h4-10H,1-3H3,(H,23,26)(H,24,25). The molecule has 0 saturated carbocycles. The van der Waals surface area contributed by atoms with Gasteiger partial charge < -0.3 is 14.6 Å².